The third kappa shape index (κ3) is 4.16. The average molecular weight is 336 g/mol. The third-order valence-electron chi connectivity index (χ3n) is 7.00. The quantitative estimate of drug-likeness (QED) is 0.762. The lowest BCUT2D eigenvalue weighted by Crippen LogP contribution is -2.63. The maximum atomic E-state index is 2.74. The topological polar surface area (TPSA) is 9.72 Å². The van der Waals surface area contributed by atoms with E-state index in [0.29, 0.717) is 16.5 Å². The highest BCUT2D eigenvalue weighted by Crippen LogP contribution is 2.47. The van der Waals surface area contributed by atoms with Gasteiger partial charge in [-0.2, -0.15) is 0 Å². The van der Waals surface area contributed by atoms with Gasteiger partial charge in [-0.3, -0.25) is 9.80 Å². The van der Waals surface area contributed by atoms with Gasteiger partial charge in [0.25, 0.3) is 0 Å². The number of hydrogen-bond acceptors (Lipinski definition) is 3. The summed E-state index contributed by atoms with van der Waals surface area (Å²) in [7, 11) is 0. The molecule has 0 unspecified atom stereocenters. The van der Waals surface area contributed by atoms with Gasteiger partial charge in [0.05, 0.1) is 0 Å². The van der Waals surface area contributed by atoms with Crippen molar-refractivity contribution in [1.82, 2.24) is 14.7 Å². The van der Waals surface area contributed by atoms with Gasteiger partial charge in [-0.25, -0.2) is 0 Å². The van der Waals surface area contributed by atoms with Crippen molar-refractivity contribution in [2.75, 3.05) is 45.8 Å². The second-order valence-electron chi connectivity index (χ2n) is 10.9. The Kier molecular flexibility index (Phi) is 5.10. The first-order valence-corrected chi connectivity index (χ1v) is 10.3. The summed E-state index contributed by atoms with van der Waals surface area (Å²) in [5, 5.41) is 0. The molecule has 1 spiro atoms. The number of rotatable bonds is 2. The lowest BCUT2D eigenvalue weighted by atomic mass is 9.65. The van der Waals surface area contributed by atoms with Gasteiger partial charge in [0, 0.05) is 56.9 Å². The Balaban J connectivity index is 1.38. The van der Waals surface area contributed by atoms with Crippen LogP contribution in [0.2, 0.25) is 0 Å². The Hall–Kier alpha value is -0.120. The molecular weight excluding hydrogens is 294 g/mol. The molecule has 0 amide bonds. The molecule has 3 nitrogen and oxygen atoms in total. The van der Waals surface area contributed by atoms with Gasteiger partial charge >= 0.3 is 0 Å². The summed E-state index contributed by atoms with van der Waals surface area (Å²) < 4.78 is 0. The van der Waals surface area contributed by atoms with Crippen molar-refractivity contribution in [1.29, 1.82) is 0 Å². The van der Waals surface area contributed by atoms with Crippen LogP contribution in [0.5, 0.6) is 0 Å². The maximum absolute atomic E-state index is 2.74. The van der Waals surface area contributed by atoms with Crippen molar-refractivity contribution in [2.24, 2.45) is 11.3 Å². The van der Waals surface area contributed by atoms with Gasteiger partial charge in [-0.1, -0.05) is 0 Å². The second kappa shape index (κ2) is 6.55. The Morgan fingerprint density at radius 3 is 1.71 bits per heavy atom. The Morgan fingerprint density at radius 1 is 0.750 bits per heavy atom. The highest BCUT2D eigenvalue weighted by molar-refractivity contribution is 5.01. The van der Waals surface area contributed by atoms with Crippen LogP contribution < -0.4 is 0 Å². The molecule has 3 rings (SSSR count). The van der Waals surface area contributed by atoms with Crippen molar-refractivity contribution in [3.63, 3.8) is 0 Å². The second-order valence-corrected chi connectivity index (χ2v) is 10.9. The predicted molar refractivity (Wildman–Crippen MR) is 103 cm³/mol. The molecule has 0 aromatic carbocycles. The zero-order chi connectivity index (χ0) is 17.6. The summed E-state index contributed by atoms with van der Waals surface area (Å²) in [6.45, 7) is 23.3. The fourth-order valence-corrected chi connectivity index (χ4v) is 4.99. The van der Waals surface area contributed by atoms with Gasteiger partial charge in [0.2, 0.25) is 0 Å². The van der Waals surface area contributed by atoms with E-state index in [2.05, 4.69) is 56.2 Å². The van der Waals surface area contributed by atoms with E-state index in [1.807, 2.05) is 0 Å². The van der Waals surface area contributed by atoms with Crippen LogP contribution in [0, 0.1) is 11.3 Å². The number of likely N-dealkylation sites (tertiary alicyclic amines) is 1. The number of piperazine rings is 1. The summed E-state index contributed by atoms with van der Waals surface area (Å²) >= 11 is 0. The summed E-state index contributed by atoms with van der Waals surface area (Å²) in [6.07, 6.45) is 5.90. The van der Waals surface area contributed by atoms with Crippen LogP contribution in [-0.4, -0.2) is 71.6 Å². The smallest absolute Gasteiger partial charge is 0.0126 e. The third-order valence-corrected chi connectivity index (χ3v) is 7.00. The van der Waals surface area contributed by atoms with Crippen molar-refractivity contribution >= 4 is 0 Å². The molecule has 1 aliphatic carbocycles. The molecule has 140 valence electrons. The van der Waals surface area contributed by atoms with E-state index < -0.39 is 0 Å². The van der Waals surface area contributed by atoms with Gasteiger partial charge in [-0.05, 0) is 78.6 Å². The number of hydrogen-bond donors (Lipinski definition) is 0. The molecule has 0 atom stereocenters. The van der Waals surface area contributed by atoms with E-state index in [1.165, 1.54) is 71.5 Å². The van der Waals surface area contributed by atoms with Crippen molar-refractivity contribution in [2.45, 2.75) is 78.3 Å². The van der Waals surface area contributed by atoms with Crippen molar-refractivity contribution in [3.8, 4) is 0 Å². The highest BCUT2D eigenvalue weighted by atomic mass is 15.3. The molecule has 2 saturated heterocycles. The zero-order valence-electron chi connectivity index (χ0n) is 17.2. The molecule has 0 aromatic heterocycles. The minimum atomic E-state index is 0.340. The van der Waals surface area contributed by atoms with E-state index in [4.69, 9.17) is 0 Å². The zero-order valence-corrected chi connectivity index (χ0v) is 17.2. The Bertz CT molecular complexity index is 407. The lowest BCUT2D eigenvalue weighted by molar-refractivity contribution is -0.0872. The molecule has 0 radical (unpaired) electrons. The van der Waals surface area contributed by atoms with E-state index in [-0.39, 0.29) is 0 Å². The Labute approximate surface area is 150 Å². The summed E-state index contributed by atoms with van der Waals surface area (Å²) in [5.41, 5.74) is 1.40. The first kappa shape index (κ1) is 18.7. The average Bonchev–Trinajstić information content (AvgIpc) is 2.44. The van der Waals surface area contributed by atoms with Crippen molar-refractivity contribution < 1.29 is 0 Å². The van der Waals surface area contributed by atoms with Crippen molar-refractivity contribution in [3.05, 3.63) is 0 Å². The fraction of sp³-hybridized carbons (Fsp3) is 1.00. The van der Waals surface area contributed by atoms with Gasteiger partial charge < -0.3 is 4.90 Å². The minimum absolute atomic E-state index is 0.340. The first-order valence-electron chi connectivity index (χ1n) is 10.3. The molecule has 2 heterocycles. The molecule has 0 aromatic rings. The fourth-order valence-electron chi connectivity index (χ4n) is 4.99. The predicted octanol–water partition coefficient (Wildman–Crippen LogP) is 3.69. The van der Waals surface area contributed by atoms with Crippen LogP contribution in [-0.2, 0) is 0 Å². The molecular formula is C21H41N3. The van der Waals surface area contributed by atoms with Crippen LogP contribution in [0.3, 0.4) is 0 Å². The standard InChI is InChI=1S/C21H41N3/c1-19(2,3)23-13-11-22(12-14-23)15-18-7-9-21(10-8-18)16-24(17-21)20(4,5)6/h18H,7-17H2,1-6H3. The molecule has 3 fully saturated rings. The molecule has 0 bridgehead atoms. The normalized spacial score (nSPS) is 28.2. The van der Waals surface area contributed by atoms with Crippen LogP contribution in [0.15, 0.2) is 0 Å². The Morgan fingerprint density at radius 2 is 1.25 bits per heavy atom. The van der Waals surface area contributed by atoms with Crippen LogP contribution in [0.1, 0.15) is 67.2 Å². The summed E-state index contributed by atoms with van der Waals surface area (Å²) in [5.74, 6) is 0.959. The van der Waals surface area contributed by atoms with E-state index in [0.717, 1.165) is 5.92 Å². The molecule has 3 aliphatic rings. The SMILES string of the molecule is CC(C)(C)N1CCN(CC2CCC3(CC2)CN(C(C)(C)C)C3)CC1. The highest BCUT2D eigenvalue weighted by Gasteiger charge is 2.48. The molecule has 0 N–H and O–H groups in total. The summed E-state index contributed by atoms with van der Waals surface area (Å²) in [4.78, 5) is 8.07. The molecule has 3 heteroatoms. The van der Waals surface area contributed by atoms with E-state index in [9.17, 15) is 0 Å². The van der Waals surface area contributed by atoms with Crippen LogP contribution in [0.4, 0.5) is 0 Å². The monoisotopic (exact) mass is 335 g/mol. The first-order chi connectivity index (χ1) is 11.1. The lowest BCUT2D eigenvalue weighted by Gasteiger charge is -2.58. The van der Waals surface area contributed by atoms with E-state index in [1.54, 1.807) is 0 Å². The van der Waals surface area contributed by atoms with Crippen LogP contribution >= 0.6 is 0 Å². The largest absolute Gasteiger partial charge is 0.301 e. The van der Waals surface area contributed by atoms with Gasteiger partial charge in [-0.15, -0.1) is 0 Å². The molecule has 2 aliphatic heterocycles. The minimum Gasteiger partial charge on any atom is -0.301 e. The molecule has 1 saturated carbocycles. The van der Waals surface area contributed by atoms with Gasteiger partial charge in [0.1, 0.15) is 0 Å². The van der Waals surface area contributed by atoms with E-state index >= 15 is 0 Å². The summed E-state index contributed by atoms with van der Waals surface area (Å²) in [6, 6.07) is 0. The maximum Gasteiger partial charge on any atom is 0.0126 e. The van der Waals surface area contributed by atoms with Gasteiger partial charge in [0.15, 0.2) is 0 Å². The number of nitrogens with zero attached hydrogens (tertiary/aromatic N) is 3. The van der Waals surface area contributed by atoms with Crippen LogP contribution in [0.25, 0.3) is 0 Å². The molecule has 24 heavy (non-hydrogen) atoms.